The number of fused-ring (bicyclic) bond motifs is 3. The number of hydrogen-bond acceptors (Lipinski definition) is 3. The van der Waals surface area contributed by atoms with Crippen molar-refractivity contribution in [3.8, 4) is 5.69 Å². The first-order valence-electron chi connectivity index (χ1n) is 7.33. The van der Waals surface area contributed by atoms with Crippen LogP contribution in [0.1, 0.15) is 11.1 Å². The van der Waals surface area contributed by atoms with Crippen molar-refractivity contribution in [2.75, 3.05) is 17.5 Å². The maximum Gasteiger partial charge on any atom is 0.416 e. The molecule has 1 aliphatic heterocycles. The first kappa shape index (κ1) is 19.7. The first-order chi connectivity index (χ1) is 12.6. The van der Waals surface area contributed by atoms with Gasteiger partial charge in [0.15, 0.2) is 5.82 Å². The van der Waals surface area contributed by atoms with Crippen LogP contribution in [0.3, 0.4) is 0 Å². The molecule has 3 rings (SSSR count). The van der Waals surface area contributed by atoms with Crippen LogP contribution in [0.2, 0.25) is 5.02 Å². The molecule has 0 fully saturated rings. The lowest BCUT2D eigenvalue weighted by Crippen LogP contribution is -2.41. The van der Waals surface area contributed by atoms with E-state index in [1.807, 2.05) is 0 Å². The zero-order valence-corrected chi connectivity index (χ0v) is 16.0. The van der Waals surface area contributed by atoms with E-state index in [0.717, 1.165) is 12.1 Å². The fourth-order valence-electron chi connectivity index (χ4n) is 2.92. The number of benzene rings is 1. The zero-order valence-electron chi connectivity index (χ0n) is 13.7. The Hall–Kier alpha value is -2.02. The second kappa shape index (κ2) is 6.55. The summed E-state index contributed by atoms with van der Waals surface area (Å²) >= 11 is 12.3. The molecule has 0 bridgehead atoms. The summed E-state index contributed by atoms with van der Waals surface area (Å²) in [6.07, 6.45) is -1.90. The van der Waals surface area contributed by atoms with E-state index in [1.165, 1.54) is 17.0 Å². The summed E-state index contributed by atoms with van der Waals surface area (Å²) in [5, 5.41) is 6.82. The van der Waals surface area contributed by atoms with Crippen LogP contribution < -0.4 is 5.32 Å². The predicted octanol–water partition coefficient (Wildman–Crippen LogP) is 4.88. The van der Waals surface area contributed by atoms with Gasteiger partial charge in [-0.25, -0.2) is 0 Å². The van der Waals surface area contributed by atoms with Gasteiger partial charge in [0, 0.05) is 22.6 Å². The van der Waals surface area contributed by atoms with Crippen molar-refractivity contribution in [3.63, 3.8) is 0 Å². The minimum absolute atomic E-state index is 0.104. The van der Waals surface area contributed by atoms with Crippen LogP contribution in [-0.4, -0.2) is 26.1 Å². The van der Waals surface area contributed by atoms with Gasteiger partial charge >= 0.3 is 12.0 Å². The molecule has 0 aliphatic carbocycles. The molecule has 11 heteroatoms. The number of halogens is 5. The summed E-state index contributed by atoms with van der Waals surface area (Å²) in [6, 6.07) is 1.70. The van der Waals surface area contributed by atoms with Crippen LogP contribution in [0, 0.1) is 6.57 Å². The molecule has 0 saturated heterocycles. The molecule has 142 valence electrons. The summed E-state index contributed by atoms with van der Waals surface area (Å²) < 4.78 is 53.2. The highest BCUT2D eigenvalue weighted by atomic mass is 35.5. The average molecular weight is 435 g/mol. The van der Waals surface area contributed by atoms with E-state index in [0.29, 0.717) is 0 Å². The standard InChI is InChI=1S/C16H11Cl2F3N4OS/c1-4-15(7-17)9-5-8(16(19,20)21)6-10(18)11(9)25-14(23-15)12(27(3)26)13(22-2)24-25/h4-6,23H,1,7H2,3H3. The van der Waals surface area contributed by atoms with Gasteiger partial charge in [0.25, 0.3) is 0 Å². The van der Waals surface area contributed by atoms with E-state index < -0.39 is 28.1 Å². The Balaban J connectivity index is 2.46. The topological polar surface area (TPSA) is 51.3 Å². The van der Waals surface area contributed by atoms with Crippen LogP contribution in [-0.2, 0) is 22.5 Å². The lowest BCUT2D eigenvalue weighted by atomic mass is 9.87. The Labute approximate surface area is 165 Å². The number of rotatable bonds is 3. The molecule has 0 radical (unpaired) electrons. The number of nitrogens with zero attached hydrogens (tertiary/aromatic N) is 3. The van der Waals surface area contributed by atoms with E-state index in [1.54, 1.807) is 0 Å². The van der Waals surface area contributed by atoms with Crippen LogP contribution in [0.4, 0.5) is 24.8 Å². The number of alkyl halides is 4. The third kappa shape index (κ3) is 2.92. The molecule has 0 amide bonds. The lowest BCUT2D eigenvalue weighted by Gasteiger charge is -2.37. The molecule has 2 unspecified atom stereocenters. The fourth-order valence-corrected chi connectivity index (χ4v) is 4.29. The van der Waals surface area contributed by atoms with E-state index >= 15 is 0 Å². The van der Waals surface area contributed by atoms with Gasteiger partial charge in [-0.3, -0.25) is 4.21 Å². The average Bonchev–Trinajstić information content (AvgIpc) is 2.97. The molecule has 2 aromatic rings. The van der Waals surface area contributed by atoms with Crippen LogP contribution in [0.25, 0.3) is 10.5 Å². The van der Waals surface area contributed by atoms with Gasteiger partial charge in [-0.1, -0.05) is 24.2 Å². The van der Waals surface area contributed by atoms with Crippen molar-refractivity contribution < 1.29 is 17.4 Å². The van der Waals surface area contributed by atoms with E-state index in [-0.39, 0.29) is 38.7 Å². The van der Waals surface area contributed by atoms with Crippen LogP contribution in [0.15, 0.2) is 29.7 Å². The second-order valence-corrected chi connectivity index (χ2v) is 7.76. The van der Waals surface area contributed by atoms with E-state index in [2.05, 4.69) is 21.8 Å². The molecule has 2 heterocycles. The summed E-state index contributed by atoms with van der Waals surface area (Å²) in [5.74, 6) is -0.152. The van der Waals surface area contributed by atoms with Crippen molar-refractivity contribution >= 4 is 45.6 Å². The normalized spacial score (nSPS) is 19.4. The summed E-state index contributed by atoms with van der Waals surface area (Å²) in [4.78, 5) is 3.37. The molecular weight excluding hydrogens is 424 g/mol. The van der Waals surface area contributed by atoms with E-state index in [9.17, 15) is 17.4 Å². The van der Waals surface area contributed by atoms with Gasteiger partial charge in [0.05, 0.1) is 22.0 Å². The Bertz CT molecular complexity index is 1030. The van der Waals surface area contributed by atoms with Gasteiger partial charge in [-0.15, -0.1) is 22.9 Å². The summed E-state index contributed by atoms with van der Waals surface area (Å²) in [6.45, 7) is 10.9. The number of anilines is 1. The molecule has 0 spiro atoms. The monoisotopic (exact) mass is 434 g/mol. The van der Waals surface area contributed by atoms with Crippen molar-refractivity contribution in [1.82, 2.24) is 9.78 Å². The smallest absolute Gasteiger partial charge is 0.358 e. The molecule has 27 heavy (non-hydrogen) atoms. The van der Waals surface area contributed by atoms with Crippen LogP contribution >= 0.6 is 23.2 Å². The number of hydrogen-bond donors (Lipinski definition) is 1. The molecule has 5 nitrogen and oxygen atoms in total. The maximum atomic E-state index is 13.3. The SMILES string of the molecule is [C-]#[N+]c1nn2c(c1S(C)=O)NC(C=C)(CCl)c1cc(C(F)(F)F)cc(Cl)c1-2. The largest absolute Gasteiger partial charge is 0.416 e. The van der Waals surface area contributed by atoms with Crippen LogP contribution in [0.5, 0.6) is 0 Å². The van der Waals surface area contributed by atoms with Gasteiger partial charge in [-0.2, -0.15) is 13.2 Å². The quantitative estimate of drug-likeness (QED) is 0.425. The molecule has 1 aromatic heterocycles. The molecule has 1 aromatic carbocycles. The summed E-state index contributed by atoms with van der Waals surface area (Å²) in [7, 11) is -1.60. The number of nitrogens with one attached hydrogen (secondary N) is 1. The summed E-state index contributed by atoms with van der Waals surface area (Å²) in [5.41, 5.74) is -2.05. The third-order valence-corrected chi connectivity index (χ3v) is 5.86. The van der Waals surface area contributed by atoms with Gasteiger partial charge in [-0.05, 0) is 17.2 Å². The second-order valence-electron chi connectivity index (χ2n) is 5.77. The Morgan fingerprint density at radius 3 is 2.67 bits per heavy atom. The maximum absolute atomic E-state index is 13.3. The van der Waals surface area contributed by atoms with Gasteiger partial charge in [0.1, 0.15) is 10.6 Å². The van der Waals surface area contributed by atoms with Crippen molar-refractivity contribution in [1.29, 1.82) is 0 Å². The Morgan fingerprint density at radius 2 is 2.19 bits per heavy atom. The van der Waals surface area contributed by atoms with Gasteiger partial charge < -0.3 is 10.2 Å². The fraction of sp³-hybridized carbons (Fsp3) is 0.250. The van der Waals surface area contributed by atoms with Crippen molar-refractivity contribution in [3.05, 3.63) is 52.4 Å². The highest BCUT2D eigenvalue weighted by Gasteiger charge is 2.44. The minimum atomic E-state index is -4.62. The molecular formula is C16H11Cl2F3N4OS. The molecule has 0 saturated carbocycles. The molecule has 2 atom stereocenters. The highest BCUT2D eigenvalue weighted by Crippen LogP contribution is 2.47. The predicted molar refractivity (Wildman–Crippen MR) is 98.4 cm³/mol. The lowest BCUT2D eigenvalue weighted by molar-refractivity contribution is -0.137. The first-order valence-corrected chi connectivity index (χ1v) is 9.80. The molecule has 1 N–H and O–H groups in total. The highest BCUT2D eigenvalue weighted by molar-refractivity contribution is 7.84. The Morgan fingerprint density at radius 1 is 1.52 bits per heavy atom. The zero-order chi connectivity index (χ0) is 20.1. The van der Waals surface area contributed by atoms with Crippen molar-refractivity contribution in [2.24, 2.45) is 0 Å². The van der Waals surface area contributed by atoms with Crippen molar-refractivity contribution in [2.45, 2.75) is 16.6 Å². The number of aromatic nitrogens is 2. The van der Waals surface area contributed by atoms with Gasteiger partial charge in [0.2, 0.25) is 0 Å². The molecule has 1 aliphatic rings. The van der Waals surface area contributed by atoms with E-state index in [4.69, 9.17) is 29.8 Å². The minimum Gasteiger partial charge on any atom is -0.358 e. The third-order valence-electron chi connectivity index (χ3n) is 4.20. The Kier molecular flexibility index (Phi) is 4.78.